The maximum atomic E-state index is 13.6. The van der Waals surface area contributed by atoms with Gasteiger partial charge in [-0.25, -0.2) is 9.36 Å². The second kappa shape index (κ2) is 20.3. The molecule has 5 atom stereocenters. The third-order valence-corrected chi connectivity index (χ3v) is 10.9. The molecule has 1 unspecified atom stereocenters. The van der Waals surface area contributed by atoms with E-state index in [0.29, 0.717) is 11.9 Å². The van der Waals surface area contributed by atoms with E-state index < -0.39 is 49.4 Å². The van der Waals surface area contributed by atoms with Crippen molar-refractivity contribution in [3.05, 3.63) is 32.9 Å². The van der Waals surface area contributed by atoms with Gasteiger partial charge in [-0.2, -0.15) is 16.2 Å². The number of nitrogens with one attached hydrogen (secondary N) is 1. The van der Waals surface area contributed by atoms with Gasteiger partial charge in [0.1, 0.15) is 12.3 Å². The van der Waals surface area contributed by atoms with Gasteiger partial charge in [-0.3, -0.25) is 23.4 Å². The molecule has 3 rings (SSSR count). The van der Waals surface area contributed by atoms with Crippen molar-refractivity contribution in [2.24, 2.45) is 5.92 Å². The minimum atomic E-state index is -4.42. The highest BCUT2D eigenvalue weighted by Gasteiger charge is 2.42. The maximum absolute atomic E-state index is 13.6. The van der Waals surface area contributed by atoms with E-state index in [0.717, 1.165) is 22.7 Å². The Labute approximate surface area is 265 Å². The molecule has 3 N–H and O–H groups in total. The van der Waals surface area contributed by atoms with Crippen molar-refractivity contribution >= 4 is 19.6 Å². The van der Waals surface area contributed by atoms with Gasteiger partial charge < -0.3 is 14.7 Å². The van der Waals surface area contributed by atoms with Crippen molar-refractivity contribution in [3.8, 4) is 0 Å². The molecule has 1 aliphatic heterocycles. The van der Waals surface area contributed by atoms with Crippen molar-refractivity contribution in [1.29, 1.82) is 0 Å². The third-order valence-electron chi connectivity index (χ3n) is 8.74. The van der Waals surface area contributed by atoms with Crippen LogP contribution in [0.4, 0.5) is 4.39 Å². The van der Waals surface area contributed by atoms with Crippen LogP contribution in [0.5, 0.6) is 0 Å². The summed E-state index contributed by atoms with van der Waals surface area (Å²) in [6.07, 6.45) is 19.5. The summed E-state index contributed by atoms with van der Waals surface area (Å²) in [7, 11) is -4.42. The average Bonchev–Trinajstić information content (AvgIpc) is 3.38. The SMILES string of the molecule is C[C@@H](OP(=O)(O)OCCSCCCCCCCCCCCCCC1CCCCC1)[C@H]1O[C@@H](n2cc(F)c(=O)[nH]c2=O)C[C@@H]1O. The van der Waals surface area contributed by atoms with Crippen LogP contribution in [0.2, 0.25) is 0 Å². The van der Waals surface area contributed by atoms with Crippen LogP contribution in [0.25, 0.3) is 0 Å². The van der Waals surface area contributed by atoms with E-state index in [4.69, 9.17) is 13.8 Å². The quantitative estimate of drug-likeness (QED) is 0.0898. The van der Waals surface area contributed by atoms with E-state index in [9.17, 15) is 28.5 Å². The number of phosphoric ester groups is 1. The summed E-state index contributed by atoms with van der Waals surface area (Å²) in [5, 5.41) is 10.4. The van der Waals surface area contributed by atoms with Gasteiger partial charge in [0.25, 0.3) is 5.56 Å². The van der Waals surface area contributed by atoms with Crippen molar-refractivity contribution in [3.63, 3.8) is 0 Å². The van der Waals surface area contributed by atoms with Gasteiger partial charge in [0.15, 0.2) is 0 Å². The summed E-state index contributed by atoms with van der Waals surface area (Å²) in [5.74, 6) is 1.36. The fourth-order valence-electron chi connectivity index (χ4n) is 6.26. The standard InChI is InChI=1S/C31H54FN2O8PS/c1-24(29-27(35)22-28(41-29)34-23-26(32)30(36)33-31(34)37)42-43(38,39)40-19-21-44-20-15-10-8-6-4-2-3-5-7-9-12-16-25-17-13-11-14-18-25/h23-25,27-29,35H,2-22H2,1H3,(H,38,39)(H,33,36,37)/t24-,27+,28-,29-/m1/s1. The molecule has 13 heteroatoms. The summed E-state index contributed by atoms with van der Waals surface area (Å²) in [4.78, 5) is 35.2. The Morgan fingerprint density at radius 2 is 1.64 bits per heavy atom. The topological polar surface area (TPSA) is 140 Å². The van der Waals surface area contributed by atoms with E-state index >= 15 is 0 Å². The highest BCUT2D eigenvalue weighted by atomic mass is 32.2. The van der Waals surface area contributed by atoms with E-state index in [-0.39, 0.29) is 13.0 Å². The number of aliphatic hydroxyl groups excluding tert-OH is 1. The number of hydrogen-bond donors (Lipinski definition) is 3. The lowest BCUT2D eigenvalue weighted by Gasteiger charge is -2.24. The lowest BCUT2D eigenvalue weighted by molar-refractivity contribution is -0.0765. The molecule has 1 saturated heterocycles. The van der Waals surface area contributed by atoms with Gasteiger partial charge in [-0.05, 0) is 25.0 Å². The number of thioether (sulfide) groups is 1. The monoisotopic (exact) mass is 664 g/mol. The molecule has 2 fully saturated rings. The first kappa shape index (κ1) is 37.4. The van der Waals surface area contributed by atoms with Crippen LogP contribution in [0, 0.1) is 11.7 Å². The van der Waals surface area contributed by atoms with Crippen LogP contribution < -0.4 is 11.2 Å². The number of aliphatic hydroxyl groups is 1. The molecule has 0 radical (unpaired) electrons. The normalized spacial score (nSPS) is 23.1. The van der Waals surface area contributed by atoms with Crippen LogP contribution in [0.3, 0.4) is 0 Å². The molecule has 254 valence electrons. The lowest BCUT2D eigenvalue weighted by Crippen LogP contribution is -2.35. The van der Waals surface area contributed by atoms with E-state index in [1.54, 1.807) is 11.8 Å². The molecular formula is C31H54FN2O8PS. The second-order valence-electron chi connectivity index (χ2n) is 12.4. The number of aromatic amines is 1. The number of nitrogens with zero attached hydrogens (tertiary/aromatic N) is 1. The fraction of sp³-hybridized carbons (Fsp3) is 0.871. The second-order valence-corrected chi connectivity index (χ2v) is 15.0. The Morgan fingerprint density at radius 3 is 2.30 bits per heavy atom. The Balaban J connectivity index is 1.14. The fourth-order valence-corrected chi connectivity index (χ4v) is 8.12. The van der Waals surface area contributed by atoms with Gasteiger partial charge in [-0.15, -0.1) is 0 Å². The van der Waals surface area contributed by atoms with Gasteiger partial charge in [-0.1, -0.05) is 103 Å². The predicted molar refractivity (Wildman–Crippen MR) is 171 cm³/mol. The van der Waals surface area contributed by atoms with E-state index in [2.05, 4.69) is 0 Å². The number of ether oxygens (including phenoxy) is 1. The summed E-state index contributed by atoms with van der Waals surface area (Å²) >= 11 is 1.66. The molecule has 1 aromatic rings. The van der Waals surface area contributed by atoms with E-state index in [1.165, 1.54) is 110 Å². The van der Waals surface area contributed by atoms with Crippen LogP contribution >= 0.6 is 19.6 Å². The van der Waals surface area contributed by atoms with Gasteiger partial charge in [0, 0.05) is 12.2 Å². The molecule has 0 bridgehead atoms. The third kappa shape index (κ3) is 13.8. The Hall–Kier alpha value is -1.01. The molecule has 0 spiro atoms. The van der Waals surface area contributed by atoms with Crippen molar-refractivity contribution in [2.45, 2.75) is 147 Å². The number of halogens is 1. The number of aromatic nitrogens is 2. The van der Waals surface area contributed by atoms with Crippen LogP contribution in [0.1, 0.15) is 129 Å². The molecule has 0 aromatic carbocycles. The Bertz CT molecular complexity index is 1110. The van der Waals surface area contributed by atoms with E-state index in [1.807, 2.05) is 4.98 Å². The van der Waals surface area contributed by atoms with Crippen LogP contribution in [-0.2, 0) is 18.3 Å². The molecule has 0 amide bonds. The summed E-state index contributed by atoms with van der Waals surface area (Å²) < 4.78 is 42.7. The molecule has 2 aliphatic rings. The predicted octanol–water partition coefficient (Wildman–Crippen LogP) is 6.84. The number of unbranched alkanes of at least 4 members (excludes halogenated alkanes) is 10. The van der Waals surface area contributed by atoms with Crippen molar-refractivity contribution in [2.75, 3.05) is 18.1 Å². The highest BCUT2D eigenvalue weighted by molar-refractivity contribution is 7.99. The first-order chi connectivity index (χ1) is 21.2. The Morgan fingerprint density at radius 1 is 1.02 bits per heavy atom. The van der Waals surface area contributed by atoms with Crippen LogP contribution in [0.15, 0.2) is 15.8 Å². The molecule has 44 heavy (non-hydrogen) atoms. The van der Waals surface area contributed by atoms with Gasteiger partial charge in [0.05, 0.1) is 25.0 Å². The number of H-pyrrole nitrogens is 1. The van der Waals surface area contributed by atoms with Crippen LogP contribution in [-0.4, -0.2) is 56.0 Å². The van der Waals surface area contributed by atoms with Crippen molar-refractivity contribution < 1.29 is 32.7 Å². The molecule has 2 heterocycles. The Kier molecular flexibility index (Phi) is 17.3. The zero-order valence-corrected chi connectivity index (χ0v) is 28.0. The van der Waals surface area contributed by atoms with Crippen molar-refractivity contribution in [1.82, 2.24) is 9.55 Å². The molecule has 1 saturated carbocycles. The molecule has 1 aromatic heterocycles. The average molecular weight is 665 g/mol. The summed E-state index contributed by atoms with van der Waals surface area (Å²) in [6.45, 7) is 1.47. The number of rotatable bonds is 22. The van der Waals surface area contributed by atoms with Gasteiger partial charge >= 0.3 is 13.5 Å². The molecule has 1 aliphatic carbocycles. The maximum Gasteiger partial charge on any atom is 0.472 e. The number of hydrogen-bond acceptors (Lipinski definition) is 8. The molecular weight excluding hydrogens is 610 g/mol. The summed E-state index contributed by atoms with van der Waals surface area (Å²) in [6, 6.07) is 0. The lowest BCUT2D eigenvalue weighted by atomic mass is 9.85. The zero-order valence-electron chi connectivity index (χ0n) is 26.3. The zero-order chi connectivity index (χ0) is 31.8. The first-order valence-corrected chi connectivity index (χ1v) is 19.4. The minimum Gasteiger partial charge on any atom is -0.390 e. The first-order valence-electron chi connectivity index (χ1n) is 16.7. The minimum absolute atomic E-state index is 0.0362. The van der Waals surface area contributed by atoms with Gasteiger partial charge in [0.2, 0.25) is 5.82 Å². The highest BCUT2D eigenvalue weighted by Crippen LogP contribution is 2.46. The largest absolute Gasteiger partial charge is 0.472 e. The number of phosphoric acid groups is 1. The molecule has 10 nitrogen and oxygen atoms in total. The smallest absolute Gasteiger partial charge is 0.390 e. The summed E-state index contributed by atoms with van der Waals surface area (Å²) in [5.41, 5.74) is -2.05.